The Hall–Kier alpha value is -4.75. The molecular formula is C35H21N. The molecule has 0 aliphatic heterocycles. The Morgan fingerprint density at radius 2 is 0.806 bits per heavy atom. The molecule has 36 heavy (non-hydrogen) atoms. The monoisotopic (exact) mass is 455 g/mol. The van der Waals surface area contributed by atoms with E-state index in [1.165, 1.54) is 70.2 Å². The number of hydrogen-bond donors (Lipinski definition) is 0. The molecule has 0 spiro atoms. The van der Waals surface area contributed by atoms with Gasteiger partial charge < -0.3 is 0 Å². The Morgan fingerprint density at radius 1 is 0.389 bits per heavy atom. The van der Waals surface area contributed by atoms with Crippen molar-refractivity contribution in [1.82, 2.24) is 0 Å². The zero-order chi connectivity index (χ0) is 23.6. The molecule has 0 aromatic heterocycles. The van der Waals surface area contributed by atoms with Crippen molar-refractivity contribution < 1.29 is 0 Å². The summed E-state index contributed by atoms with van der Waals surface area (Å²) in [5, 5.41) is 15.6. The van der Waals surface area contributed by atoms with Gasteiger partial charge in [-0.25, -0.2) is 0 Å². The van der Waals surface area contributed by atoms with Crippen LogP contribution in [0.3, 0.4) is 0 Å². The Labute approximate surface area is 208 Å². The predicted molar refractivity (Wildman–Crippen MR) is 157 cm³/mol. The van der Waals surface area contributed by atoms with Crippen molar-refractivity contribution >= 4 is 76.9 Å². The lowest BCUT2D eigenvalue weighted by Crippen LogP contribution is -1.88. The molecule has 0 radical (unpaired) electrons. The van der Waals surface area contributed by atoms with Crippen LogP contribution in [0, 0.1) is 0 Å². The van der Waals surface area contributed by atoms with E-state index in [0.29, 0.717) is 0 Å². The minimum absolute atomic E-state index is 1.14. The van der Waals surface area contributed by atoms with Crippen molar-refractivity contribution in [3.05, 3.63) is 127 Å². The fraction of sp³-hybridized carbons (Fsp3) is 0. The number of benzene rings is 8. The van der Waals surface area contributed by atoms with Gasteiger partial charge in [0.1, 0.15) is 0 Å². The van der Waals surface area contributed by atoms with Crippen molar-refractivity contribution in [3.63, 3.8) is 0 Å². The highest BCUT2D eigenvalue weighted by molar-refractivity contribution is 6.26. The zero-order valence-electron chi connectivity index (χ0n) is 19.6. The number of aliphatic imine (C=N–C) groups is 1. The van der Waals surface area contributed by atoms with E-state index in [2.05, 4.69) is 115 Å². The molecule has 0 aliphatic rings. The van der Waals surface area contributed by atoms with E-state index in [-0.39, 0.29) is 0 Å². The highest BCUT2D eigenvalue weighted by atomic mass is 14.7. The maximum Gasteiger partial charge on any atom is 0.0346 e. The molecule has 0 heterocycles. The van der Waals surface area contributed by atoms with E-state index in [9.17, 15) is 0 Å². The fourth-order valence-electron chi connectivity index (χ4n) is 6.02. The van der Waals surface area contributed by atoms with Gasteiger partial charge in [-0.1, -0.05) is 109 Å². The van der Waals surface area contributed by atoms with Crippen LogP contribution in [0.2, 0.25) is 0 Å². The minimum atomic E-state index is 1.14. The zero-order valence-corrected chi connectivity index (χ0v) is 19.6. The second-order valence-corrected chi connectivity index (χ2v) is 9.62. The first-order chi connectivity index (χ1) is 17.8. The number of nitrogens with zero attached hydrogens (tertiary/aromatic N) is 1. The van der Waals surface area contributed by atoms with Crippen LogP contribution in [0.25, 0.3) is 70.7 Å². The third kappa shape index (κ3) is 2.74. The van der Waals surface area contributed by atoms with Gasteiger partial charge in [-0.15, -0.1) is 0 Å². The molecule has 8 aromatic carbocycles. The maximum atomic E-state index is 4.72. The van der Waals surface area contributed by atoms with E-state index in [4.69, 9.17) is 4.99 Å². The molecule has 0 unspecified atom stereocenters. The first kappa shape index (κ1) is 19.5. The SMILES string of the molecule is C(=N/C=C/c1ccc2ccc3cccc4ccc1c2c34)c1ccc2ccc3cccc4ccc1c2c34. The van der Waals surface area contributed by atoms with Crippen LogP contribution in [-0.2, 0) is 0 Å². The molecular weight excluding hydrogens is 434 g/mol. The minimum Gasteiger partial charge on any atom is -0.264 e. The van der Waals surface area contributed by atoms with Gasteiger partial charge in [0.25, 0.3) is 0 Å². The lowest BCUT2D eigenvalue weighted by atomic mass is 9.92. The van der Waals surface area contributed by atoms with Crippen molar-refractivity contribution in [2.45, 2.75) is 0 Å². The van der Waals surface area contributed by atoms with Crippen LogP contribution in [0.15, 0.2) is 120 Å². The van der Waals surface area contributed by atoms with Crippen molar-refractivity contribution in [2.24, 2.45) is 4.99 Å². The Kier molecular flexibility index (Phi) is 4.00. The van der Waals surface area contributed by atoms with E-state index in [1.807, 2.05) is 12.4 Å². The molecule has 0 saturated heterocycles. The Bertz CT molecular complexity index is 1960. The van der Waals surface area contributed by atoms with Gasteiger partial charge in [-0.3, -0.25) is 4.99 Å². The van der Waals surface area contributed by atoms with Crippen molar-refractivity contribution in [2.75, 3.05) is 0 Å². The maximum absolute atomic E-state index is 4.72. The van der Waals surface area contributed by atoms with Gasteiger partial charge in [-0.05, 0) is 76.3 Å². The average Bonchev–Trinajstić information content (AvgIpc) is 2.93. The van der Waals surface area contributed by atoms with Crippen LogP contribution in [0.5, 0.6) is 0 Å². The van der Waals surface area contributed by atoms with Gasteiger partial charge >= 0.3 is 0 Å². The quantitative estimate of drug-likeness (QED) is 0.186. The van der Waals surface area contributed by atoms with Crippen LogP contribution < -0.4 is 0 Å². The molecule has 0 saturated carbocycles. The summed E-state index contributed by atoms with van der Waals surface area (Å²) in [6.45, 7) is 0. The van der Waals surface area contributed by atoms with Gasteiger partial charge in [0.05, 0.1) is 0 Å². The number of hydrogen-bond acceptors (Lipinski definition) is 1. The molecule has 166 valence electrons. The number of rotatable bonds is 3. The highest BCUT2D eigenvalue weighted by Gasteiger charge is 2.11. The fourth-order valence-corrected chi connectivity index (χ4v) is 6.02. The van der Waals surface area contributed by atoms with Gasteiger partial charge in [0.15, 0.2) is 0 Å². The van der Waals surface area contributed by atoms with Gasteiger partial charge in [0.2, 0.25) is 0 Å². The summed E-state index contributed by atoms with van der Waals surface area (Å²) in [4.78, 5) is 4.72. The lowest BCUT2D eigenvalue weighted by molar-refractivity contribution is 1.60. The Balaban J connectivity index is 1.23. The molecule has 1 nitrogen and oxygen atoms in total. The van der Waals surface area contributed by atoms with E-state index in [0.717, 1.165) is 5.56 Å². The van der Waals surface area contributed by atoms with Crippen molar-refractivity contribution in [3.8, 4) is 0 Å². The van der Waals surface area contributed by atoms with Crippen LogP contribution >= 0.6 is 0 Å². The largest absolute Gasteiger partial charge is 0.264 e. The first-order valence-electron chi connectivity index (χ1n) is 12.4. The topological polar surface area (TPSA) is 12.4 Å². The molecule has 8 aromatic rings. The molecule has 0 bridgehead atoms. The van der Waals surface area contributed by atoms with Crippen LogP contribution in [-0.4, -0.2) is 6.21 Å². The summed E-state index contributed by atoms with van der Waals surface area (Å²) < 4.78 is 0. The third-order valence-corrected chi connectivity index (χ3v) is 7.68. The van der Waals surface area contributed by atoms with E-state index < -0.39 is 0 Å². The molecule has 1 heteroatoms. The summed E-state index contributed by atoms with van der Waals surface area (Å²) in [5.74, 6) is 0. The second kappa shape index (κ2) is 7.37. The summed E-state index contributed by atoms with van der Waals surface area (Å²) in [7, 11) is 0. The molecule has 0 fully saturated rings. The first-order valence-corrected chi connectivity index (χ1v) is 12.4. The van der Waals surface area contributed by atoms with Crippen molar-refractivity contribution in [1.29, 1.82) is 0 Å². The van der Waals surface area contributed by atoms with Gasteiger partial charge in [-0.2, -0.15) is 0 Å². The standard InChI is InChI=1S/C35H21N/c1-3-23-9-11-27-8-7-22(30-17-15-25(5-1)32(23)34(27)30)19-20-36-21-29-14-13-28-12-10-24-4-2-6-26-16-18-31(29)35(28)33(24)26/h1-21H/b20-19+,36-21?. The van der Waals surface area contributed by atoms with E-state index >= 15 is 0 Å². The smallest absolute Gasteiger partial charge is 0.0346 e. The summed E-state index contributed by atoms with van der Waals surface area (Å²) >= 11 is 0. The molecule has 0 N–H and O–H groups in total. The van der Waals surface area contributed by atoms with Crippen LogP contribution in [0.1, 0.15) is 11.1 Å². The molecule has 0 atom stereocenters. The highest BCUT2D eigenvalue weighted by Crippen LogP contribution is 2.37. The van der Waals surface area contributed by atoms with E-state index in [1.54, 1.807) is 0 Å². The molecule has 8 rings (SSSR count). The Morgan fingerprint density at radius 3 is 1.36 bits per heavy atom. The average molecular weight is 456 g/mol. The molecule has 0 amide bonds. The third-order valence-electron chi connectivity index (χ3n) is 7.68. The normalized spacial score (nSPS) is 12.8. The van der Waals surface area contributed by atoms with Crippen LogP contribution in [0.4, 0.5) is 0 Å². The second-order valence-electron chi connectivity index (χ2n) is 9.62. The molecule has 0 aliphatic carbocycles. The van der Waals surface area contributed by atoms with Gasteiger partial charge in [0, 0.05) is 18.0 Å². The summed E-state index contributed by atoms with van der Waals surface area (Å²) in [6.07, 6.45) is 6.03. The summed E-state index contributed by atoms with van der Waals surface area (Å²) in [5.41, 5.74) is 2.33. The lowest BCUT2D eigenvalue weighted by Gasteiger charge is -2.12. The summed E-state index contributed by atoms with van der Waals surface area (Å²) in [6, 6.07) is 39.7. The predicted octanol–water partition coefficient (Wildman–Crippen LogP) is 9.57.